The number of hydrogen-bond acceptors (Lipinski definition) is 6. The minimum absolute atomic E-state index is 0.266. The quantitative estimate of drug-likeness (QED) is 0.616. The lowest BCUT2D eigenvalue weighted by Gasteiger charge is -2.08. The SMILES string of the molecule is Cc1c(N)ncnc1NCCSCCCO. The van der Waals surface area contributed by atoms with Crippen molar-refractivity contribution in [3.8, 4) is 0 Å². The summed E-state index contributed by atoms with van der Waals surface area (Å²) in [4.78, 5) is 8.02. The van der Waals surface area contributed by atoms with Gasteiger partial charge >= 0.3 is 0 Å². The Morgan fingerprint density at radius 3 is 3.00 bits per heavy atom. The molecular formula is C10H18N4OS. The second-order valence-electron chi connectivity index (χ2n) is 3.35. The Kier molecular flexibility index (Phi) is 5.95. The van der Waals surface area contributed by atoms with Gasteiger partial charge in [0.2, 0.25) is 0 Å². The molecule has 6 heteroatoms. The zero-order valence-electron chi connectivity index (χ0n) is 9.44. The van der Waals surface area contributed by atoms with E-state index in [1.54, 1.807) is 0 Å². The predicted molar refractivity (Wildman–Crippen MR) is 68.7 cm³/mol. The average molecular weight is 242 g/mol. The van der Waals surface area contributed by atoms with E-state index in [4.69, 9.17) is 10.8 Å². The molecule has 0 bridgehead atoms. The lowest BCUT2D eigenvalue weighted by Crippen LogP contribution is -2.09. The Hall–Kier alpha value is -1.01. The Morgan fingerprint density at radius 2 is 2.25 bits per heavy atom. The maximum absolute atomic E-state index is 8.61. The molecule has 1 heterocycles. The lowest BCUT2D eigenvalue weighted by molar-refractivity contribution is 0.296. The molecule has 0 fully saturated rings. The summed E-state index contributed by atoms with van der Waals surface area (Å²) in [6.07, 6.45) is 2.31. The molecule has 1 aromatic heterocycles. The first-order valence-electron chi connectivity index (χ1n) is 5.25. The third kappa shape index (κ3) is 4.24. The van der Waals surface area contributed by atoms with Crippen LogP contribution in [0.3, 0.4) is 0 Å². The summed E-state index contributed by atoms with van der Waals surface area (Å²) in [6.45, 7) is 3.01. The van der Waals surface area contributed by atoms with Crippen LogP contribution in [0, 0.1) is 6.92 Å². The highest BCUT2D eigenvalue weighted by Gasteiger charge is 2.02. The van der Waals surface area contributed by atoms with Gasteiger partial charge in [-0.2, -0.15) is 11.8 Å². The van der Waals surface area contributed by atoms with Crippen molar-refractivity contribution in [3.05, 3.63) is 11.9 Å². The number of nitrogens with zero attached hydrogens (tertiary/aromatic N) is 2. The molecule has 4 N–H and O–H groups in total. The van der Waals surface area contributed by atoms with Crippen molar-refractivity contribution < 1.29 is 5.11 Å². The van der Waals surface area contributed by atoms with Gasteiger partial charge in [0.15, 0.2) is 0 Å². The first-order valence-corrected chi connectivity index (χ1v) is 6.40. The van der Waals surface area contributed by atoms with Crippen LogP contribution >= 0.6 is 11.8 Å². The fourth-order valence-electron chi connectivity index (χ4n) is 1.15. The van der Waals surface area contributed by atoms with Gasteiger partial charge in [-0.15, -0.1) is 0 Å². The van der Waals surface area contributed by atoms with Crippen molar-refractivity contribution in [2.24, 2.45) is 0 Å². The number of nitrogens with one attached hydrogen (secondary N) is 1. The van der Waals surface area contributed by atoms with Crippen LogP contribution in [0.25, 0.3) is 0 Å². The monoisotopic (exact) mass is 242 g/mol. The zero-order valence-corrected chi connectivity index (χ0v) is 10.3. The molecule has 0 saturated heterocycles. The molecule has 90 valence electrons. The summed E-state index contributed by atoms with van der Waals surface area (Å²) < 4.78 is 0. The first-order chi connectivity index (χ1) is 7.75. The highest BCUT2D eigenvalue weighted by atomic mass is 32.2. The van der Waals surface area contributed by atoms with E-state index in [2.05, 4.69) is 15.3 Å². The molecule has 16 heavy (non-hydrogen) atoms. The van der Waals surface area contributed by atoms with E-state index in [1.165, 1.54) is 6.33 Å². The summed E-state index contributed by atoms with van der Waals surface area (Å²) in [6, 6.07) is 0. The van der Waals surface area contributed by atoms with Gasteiger partial charge < -0.3 is 16.2 Å². The third-order valence-corrected chi connectivity index (χ3v) is 3.18. The molecule has 0 spiro atoms. The number of aliphatic hydroxyl groups is 1. The highest BCUT2D eigenvalue weighted by Crippen LogP contribution is 2.14. The molecule has 0 aliphatic carbocycles. The van der Waals surface area contributed by atoms with Crippen LogP contribution in [0.4, 0.5) is 11.6 Å². The molecule has 1 rings (SSSR count). The van der Waals surface area contributed by atoms with E-state index in [9.17, 15) is 0 Å². The van der Waals surface area contributed by atoms with E-state index in [0.29, 0.717) is 5.82 Å². The Labute approximate surface area is 99.9 Å². The van der Waals surface area contributed by atoms with Crippen molar-refractivity contribution in [1.29, 1.82) is 0 Å². The van der Waals surface area contributed by atoms with E-state index in [-0.39, 0.29) is 6.61 Å². The van der Waals surface area contributed by atoms with Gasteiger partial charge in [0.05, 0.1) is 0 Å². The summed E-state index contributed by atoms with van der Waals surface area (Å²) >= 11 is 1.81. The Morgan fingerprint density at radius 1 is 1.44 bits per heavy atom. The van der Waals surface area contributed by atoms with Crippen molar-refractivity contribution in [3.63, 3.8) is 0 Å². The maximum Gasteiger partial charge on any atom is 0.134 e. The molecule has 5 nitrogen and oxygen atoms in total. The average Bonchev–Trinajstić information content (AvgIpc) is 2.29. The number of anilines is 2. The van der Waals surface area contributed by atoms with Gasteiger partial charge in [-0.1, -0.05) is 0 Å². The number of aromatic nitrogens is 2. The first kappa shape index (κ1) is 13.1. The molecule has 0 aromatic carbocycles. The Bertz CT molecular complexity index is 322. The van der Waals surface area contributed by atoms with Crippen LogP contribution in [-0.2, 0) is 0 Å². The van der Waals surface area contributed by atoms with Gasteiger partial charge in [0.25, 0.3) is 0 Å². The smallest absolute Gasteiger partial charge is 0.134 e. The largest absolute Gasteiger partial charge is 0.396 e. The Balaban J connectivity index is 2.24. The number of hydrogen-bond donors (Lipinski definition) is 3. The number of aliphatic hydroxyl groups excluding tert-OH is 1. The van der Waals surface area contributed by atoms with Crippen LogP contribution < -0.4 is 11.1 Å². The molecule has 0 aliphatic rings. The van der Waals surface area contributed by atoms with E-state index in [0.717, 1.165) is 35.9 Å². The summed E-state index contributed by atoms with van der Waals surface area (Å²) in [5, 5.41) is 11.8. The molecule has 0 amide bonds. The molecular weight excluding hydrogens is 224 g/mol. The van der Waals surface area contributed by atoms with Crippen LogP contribution in [0.2, 0.25) is 0 Å². The van der Waals surface area contributed by atoms with Crippen LogP contribution in [0.5, 0.6) is 0 Å². The van der Waals surface area contributed by atoms with Gasteiger partial charge in [-0.3, -0.25) is 0 Å². The molecule has 0 saturated carbocycles. The number of thioether (sulfide) groups is 1. The third-order valence-electron chi connectivity index (χ3n) is 2.11. The standard InChI is InChI=1S/C10H18N4OS/c1-8-9(11)13-7-14-10(8)12-3-6-16-5-2-4-15/h7,15H,2-6H2,1H3,(H3,11,12,13,14). The molecule has 0 unspecified atom stereocenters. The van der Waals surface area contributed by atoms with Crippen LogP contribution in [0.1, 0.15) is 12.0 Å². The molecule has 0 atom stereocenters. The minimum atomic E-state index is 0.266. The summed E-state index contributed by atoms with van der Waals surface area (Å²) in [7, 11) is 0. The molecule has 1 aromatic rings. The fourth-order valence-corrected chi connectivity index (χ4v) is 1.94. The molecule has 0 radical (unpaired) electrons. The fraction of sp³-hybridized carbons (Fsp3) is 0.600. The van der Waals surface area contributed by atoms with Crippen LogP contribution in [0.15, 0.2) is 6.33 Å². The van der Waals surface area contributed by atoms with E-state index >= 15 is 0 Å². The maximum atomic E-state index is 8.61. The number of nitrogen functional groups attached to an aromatic ring is 1. The summed E-state index contributed by atoms with van der Waals surface area (Å²) in [5.41, 5.74) is 6.56. The molecule has 0 aliphatic heterocycles. The van der Waals surface area contributed by atoms with E-state index in [1.807, 2.05) is 18.7 Å². The summed E-state index contributed by atoms with van der Waals surface area (Å²) in [5.74, 6) is 3.30. The van der Waals surface area contributed by atoms with Crippen molar-refractivity contribution in [2.45, 2.75) is 13.3 Å². The highest BCUT2D eigenvalue weighted by molar-refractivity contribution is 7.99. The number of rotatable bonds is 7. The lowest BCUT2D eigenvalue weighted by atomic mass is 10.3. The second-order valence-corrected chi connectivity index (χ2v) is 4.57. The van der Waals surface area contributed by atoms with Crippen LogP contribution in [-0.4, -0.2) is 39.7 Å². The second kappa shape index (κ2) is 7.29. The van der Waals surface area contributed by atoms with Crippen molar-refractivity contribution in [2.75, 3.05) is 35.7 Å². The van der Waals surface area contributed by atoms with Gasteiger partial charge in [0.1, 0.15) is 18.0 Å². The van der Waals surface area contributed by atoms with Crippen molar-refractivity contribution >= 4 is 23.4 Å². The van der Waals surface area contributed by atoms with Crippen molar-refractivity contribution in [1.82, 2.24) is 9.97 Å². The van der Waals surface area contributed by atoms with Gasteiger partial charge in [0, 0.05) is 24.5 Å². The normalized spacial score (nSPS) is 10.4. The minimum Gasteiger partial charge on any atom is -0.396 e. The zero-order chi connectivity index (χ0) is 11.8. The van der Waals surface area contributed by atoms with Gasteiger partial charge in [-0.25, -0.2) is 9.97 Å². The topological polar surface area (TPSA) is 84.1 Å². The van der Waals surface area contributed by atoms with E-state index < -0.39 is 0 Å². The number of nitrogens with two attached hydrogens (primary N) is 1. The predicted octanol–water partition coefficient (Wildman–Crippen LogP) is 0.895. The van der Waals surface area contributed by atoms with Gasteiger partial charge in [-0.05, 0) is 19.1 Å².